The van der Waals surface area contributed by atoms with Gasteiger partial charge in [0.15, 0.2) is 23.8 Å². The Balaban J connectivity index is 1.75. The number of nitrogen functional groups attached to an aromatic ring is 1. The Morgan fingerprint density at radius 3 is 2.37 bits per heavy atom. The minimum Gasteiger partial charge on any atom is -0.507 e. The maximum Gasteiger partial charge on any atom is 0.389 e. The van der Waals surface area contributed by atoms with Gasteiger partial charge in [0.05, 0.1) is 31.5 Å². The number of aromatic nitrogens is 4. The lowest BCUT2D eigenvalue weighted by molar-refractivity contribution is -0.970. The first kappa shape index (κ1) is 30.8. The number of rotatable bonds is 10. The lowest BCUT2D eigenvalue weighted by atomic mass is 10.1. The summed E-state index contributed by atoms with van der Waals surface area (Å²) >= 11 is 0. The fraction of sp³-hybridized carbons (Fsp3) is 0.500. The van der Waals surface area contributed by atoms with E-state index in [-0.39, 0.29) is 10.00 Å². The SMILES string of the molecule is CC[N+](CC)(CC)C(O)[C@H]1O[C@@H](n2cnc3c(N)nc(P(=O)(O)C(F)(F)C(=O)c4ccccc4O)nc32)C(O)C1O. The zero-order valence-electron chi connectivity index (χ0n) is 22.4. The van der Waals surface area contributed by atoms with Crippen molar-refractivity contribution in [3.05, 3.63) is 36.2 Å². The van der Waals surface area contributed by atoms with Crippen LogP contribution in [0.25, 0.3) is 11.2 Å². The Bertz CT molecular complexity index is 1490. The molecule has 0 radical (unpaired) electrons. The summed E-state index contributed by atoms with van der Waals surface area (Å²) in [5.74, 6) is -3.56. The smallest absolute Gasteiger partial charge is 0.389 e. The second-order valence-corrected chi connectivity index (χ2v) is 11.9. The Morgan fingerprint density at radius 1 is 1.17 bits per heavy atom. The number of para-hydroxylation sites is 1. The highest BCUT2D eigenvalue weighted by molar-refractivity contribution is 7.67. The van der Waals surface area contributed by atoms with Crippen molar-refractivity contribution in [2.45, 2.75) is 57.2 Å². The number of imidazole rings is 1. The highest BCUT2D eigenvalue weighted by atomic mass is 31.2. The number of benzene rings is 1. The molecule has 0 bridgehead atoms. The van der Waals surface area contributed by atoms with E-state index in [0.717, 1.165) is 23.0 Å². The van der Waals surface area contributed by atoms with E-state index in [1.807, 2.05) is 20.8 Å². The third-order valence-corrected chi connectivity index (χ3v) is 9.51. The number of quaternary nitrogens is 1. The minimum absolute atomic E-state index is 0.138. The number of phenolic OH excluding ortho intramolecular Hbond substituents is 1. The van der Waals surface area contributed by atoms with Gasteiger partial charge >= 0.3 is 13.0 Å². The Kier molecular flexibility index (Phi) is 8.23. The van der Waals surface area contributed by atoms with Gasteiger partial charge < -0.3 is 35.8 Å². The van der Waals surface area contributed by atoms with Gasteiger partial charge in [0.2, 0.25) is 17.6 Å². The summed E-state index contributed by atoms with van der Waals surface area (Å²) in [6.45, 7) is 7.01. The number of anilines is 1. The van der Waals surface area contributed by atoms with Gasteiger partial charge in [-0.1, -0.05) is 12.1 Å². The molecule has 1 aliphatic rings. The summed E-state index contributed by atoms with van der Waals surface area (Å²) in [6, 6.07) is 4.27. The van der Waals surface area contributed by atoms with Crippen LogP contribution in [0.15, 0.2) is 30.6 Å². The van der Waals surface area contributed by atoms with E-state index in [0.29, 0.717) is 19.6 Å². The molecular formula is C24H32F2N6O8P+. The molecule has 0 amide bonds. The average Bonchev–Trinajstić information content (AvgIpc) is 3.50. The molecule has 4 rings (SSSR count). The van der Waals surface area contributed by atoms with Crippen LogP contribution in [0.3, 0.4) is 0 Å². The van der Waals surface area contributed by atoms with Crippen molar-refractivity contribution in [1.82, 2.24) is 19.5 Å². The molecule has 4 unspecified atom stereocenters. The number of ketones is 1. The van der Waals surface area contributed by atoms with Gasteiger partial charge in [0.25, 0.3) is 0 Å². The molecule has 41 heavy (non-hydrogen) atoms. The third-order valence-electron chi connectivity index (χ3n) is 7.80. The predicted molar refractivity (Wildman–Crippen MR) is 140 cm³/mol. The van der Waals surface area contributed by atoms with Gasteiger partial charge in [-0.2, -0.15) is 8.78 Å². The van der Waals surface area contributed by atoms with Crippen LogP contribution in [0.1, 0.15) is 37.4 Å². The Labute approximate surface area is 232 Å². The number of fused-ring (bicyclic) bond motifs is 1. The van der Waals surface area contributed by atoms with Gasteiger partial charge in [-0.15, -0.1) is 0 Å². The average molecular weight is 602 g/mol. The third kappa shape index (κ3) is 4.78. The molecule has 1 aliphatic heterocycles. The van der Waals surface area contributed by atoms with Crippen LogP contribution < -0.4 is 11.3 Å². The van der Waals surface area contributed by atoms with Crippen LogP contribution in [-0.4, -0.2) is 105 Å². The Hall–Kier alpha value is -3.11. The highest BCUT2D eigenvalue weighted by Crippen LogP contribution is 2.56. The van der Waals surface area contributed by atoms with Gasteiger partial charge in [0, 0.05) is 0 Å². The number of carbonyl (C=O) groups excluding carboxylic acids is 1. The minimum atomic E-state index is -6.07. The first-order valence-electron chi connectivity index (χ1n) is 12.8. The van der Waals surface area contributed by atoms with Gasteiger partial charge in [-0.3, -0.25) is 18.4 Å². The molecular weight excluding hydrogens is 569 g/mol. The van der Waals surface area contributed by atoms with Crippen molar-refractivity contribution in [2.75, 3.05) is 25.4 Å². The molecule has 14 nitrogen and oxygen atoms in total. The number of aliphatic hydroxyl groups is 3. The summed E-state index contributed by atoms with van der Waals surface area (Å²) in [4.78, 5) is 34.4. The van der Waals surface area contributed by atoms with E-state index in [4.69, 9.17) is 10.5 Å². The van der Waals surface area contributed by atoms with Crippen molar-refractivity contribution >= 4 is 35.7 Å². The van der Waals surface area contributed by atoms with Gasteiger partial charge in [-0.25, -0.2) is 15.0 Å². The van der Waals surface area contributed by atoms with Gasteiger partial charge in [-0.05, 0) is 32.9 Å². The summed E-state index contributed by atoms with van der Waals surface area (Å²) in [5.41, 5.74) is -2.04. The number of carbonyl (C=O) groups is 1. The lowest BCUT2D eigenvalue weighted by Gasteiger charge is -2.42. The number of hydrogen-bond donors (Lipinski definition) is 6. The summed E-state index contributed by atoms with van der Waals surface area (Å²) in [7, 11) is -6.07. The summed E-state index contributed by atoms with van der Waals surface area (Å²) < 4.78 is 50.6. The summed E-state index contributed by atoms with van der Waals surface area (Å²) in [6.07, 6.45) is -6.21. The first-order chi connectivity index (χ1) is 19.2. The lowest BCUT2D eigenvalue weighted by Crippen LogP contribution is -2.61. The van der Waals surface area contributed by atoms with E-state index >= 15 is 8.78 Å². The standard InChI is InChI=1S/C24H31F2N6O8P/c1-4-32(5-2,6-3)22(37)17-15(34)16(35)21(40-17)31-11-28-14-19(27)29-23(30-20(14)31)41(38,39)24(25,26)18(36)12-9-7-8-10-13(12)33/h7-11,15-17,21-22,34-35,37H,4-6H2,1-3H3,(H3-,27,29,30,33,36,38,39)/p+1/t15?,16?,17-,21+,22?/m0/s1. The van der Waals surface area contributed by atoms with Crippen molar-refractivity contribution in [1.29, 1.82) is 0 Å². The van der Waals surface area contributed by atoms with E-state index in [2.05, 4.69) is 15.0 Å². The maximum atomic E-state index is 15.2. The molecule has 1 fully saturated rings. The zero-order chi connectivity index (χ0) is 30.5. The number of halogens is 2. The first-order valence-corrected chi connectivity index (χ1v) is 14.4. The number of phenols is 1. The molecule has 3 heterocycles. The second-order valence-electron chi connectivity index (χ2n) is 9.75. The van der Waals surface area contributed by atoms with E-state index in [9.17, 15) is 34.7 Å². The van der Waals surface area contributed by atoms with Crippen molar-refractivity contribution in [3.8, 4) is 5.75 Å². The number of hydrogen-bond acceptors (Lipinski definition) is 11. The zero-order valence-corrected chi connectivity index (χ0v) is 23.3. The molecule has 2 aromatic heterocycles. The predicted octanol–water partition coefficient (Wildman–Crippen LogP) is 0.300. The summed E-state index contributed by atoms with van der Waals surface area (Å²) in [5, 5.41) is 42.6. The molecule has 1 saturated heterocycles. The van der Waals surface area contributed by atoms with E-state index in [1.165, 1.54) is 12.1 Å². The van der Waals surface area contributed by atoms with E-state index < -0.39 is 77.9 Å². The molecule has 1 aromatic carbocycles. The number of Topliss-reactive ketones (excluding diaryl/α,β-unsaturated/α-hetero) is 1. The number of aromatic hydroxyl groups is 1. The normalized spacial score (nSPS) is 23.9. The molecule has 0 saturated carbocycles. The monoisotopic (exact) mass is 601 g/mol. The Morgan fingerprint density at radius 2 is 1.78 bits per heavy atom. The molecule has 0 spiro atoms. The van der Waals surface area contributed by atoms with Gasteiger partial charge in [0.1, 0.15) is 23.5 Å². The van der Waals surface area contributed by atoms with Crippen molar-refractivity contribution < 1.29 is 52.7 Å². The molecule has 7 N–H and O–H groups in total. The topological polar surface area (TPSA) is 214 Å². The number of aliphatic hydroxyl groups excluding tert-OH is 3. The number of alkyl halides is 2. The number of likely N-dealkylation sites (N-methyl/N-ethyl adjacent to an activating group) is 1. The van der Waals surface area contributed by atoms with Crippen molar-refractivity contribution in [3.63, 3.8) is 0 Å². The molecule has 17 heteroatoms. The van der Waals surface area contributed by atoms with Crippen LogP contribution in [0.4, 0.5) is 14.6 Å². The highest BCUT2D eigenvalue weighted by Gasteiger charge is 2.60. The molecule has 224 valence electrons. The van der Waals surface area contributed by atoms with Crippen LogP contribution in [0.5, 0.6) is 5.75 Å². The fourth-order valence-electron chi connectivity index (χ4n) is 5.04. The number of nitrogens with zero attached hydrogens (tertiary/aromatic N) is 5. The fourth-order valence-corrected chi connectivity index (χ4v) is 6.16. The number of ether oxygens (including phenoxy) is 1. The van der Waals surface area contributed by atoms with Crippen LogP contribution >= 0.6 is 7.37 Å². The maximum absolute atomic E-state index is 15.2. The van der Waals surface area contributed by atoms with E-state index in [1.54, 1.807) is 0 Å². The van der Waals surface area contributed by atoms with Crippen molar-refractivity contribution in [2.24, 2.45) is 0 Å². The quantitative estimate of drug-likeness (QED) is 0.0801. The molecule has 6 atom stereocenters. The van der Waals surface area contributed by atoms with Crippen LogP contribution in [0, 0.1) is 0 Å². The van der Waals surface area contributed by atoms with Crippen LogP contribution in [0.2, 0.25) is 0 Å². The molecule has 0 aliphatic carbocycles. The second kappa shape index (κ2) is 10.9. The molecule has 3 aromatic rings. The largest absolute Gasteiger partial charge is 0.507 e. The number of nitrogens with two attached hydrogens (primary N) is 1. The van der Waals surface area contributed by atoms with Crippen LogP contribution in [-0.2, 0) is 9.30 Å².